The van der Waals surface area contributed by atoms with Crippen LogP contribution in [-0.4, -0.2) is 25.8 Å². The molecule has 0 spiro atoms. The highest BCUT2D eigenvalue weighted by Crippen LogP contribution is 2.31. The normalized spacial score (nSPS) is 11.4. The Morgan fingerprint density at radius 3 is 2.37 bits per heavy atom. The molecule has 0 aliphatic carbocycles. The second-order valence-electron chi connectivity index (χ2n) is 8.80. The van der Waals surface area contributed by atoms with Gasteiger partial charge in [-0.3, -0.25) is 4.79 Å². The topological polar surface area (TPSA) is 69.2 Å². The van der Waals surface area contributed by atoms with Crippen LogP contribution in [0.2, 0.25) is 5.02 Å². The highest BCUT2D eigenvalue weighted by atomic mass is 79.9. The minimum atomic E-state index is -0.372. The van der Waals surface area contributed by atoms with E-state index in [0.29, 0.717) is 28.9 Å². The number of carbonyl (C=O) groups is 1. The lowest BCUT2D eigenvalue weighted by molar-refractivity contribution is -0.123. The first-order valence-electron chi connectivity index (χ1n) is 11.0. The SMILES string of the molecule is COc1cc(/C=N/NC(=O)COc2ccc(C(C)(C)C)cc2Br)ccc1OCc1ccc(Cl)cc1. The van der Waals surface area contributed by atoms with Crippen LogP contribution in [0.1, 0.15) is 37.5 Å². The third-order valence-electron chi connectivity index (χ3n) is 5.05. The van der Waals surface area contributed by atoms with E-state index in [1.54, 1.807) is 19.2 Å². The van der Waals surface area contributed by atoms with Gasteiger partial charge < -0.3 is 14.2 Å². The summed E-state index contributed by atoms with van der Waals surface area (Å²) >= 11 is 9.42. The molecule has 3 aromatic carbocycles. The lowest BCUT2D eigenvalue weighted by Gasteiger charge is -2.20. The van der Waals surface area contributed by atoms with E-state index < -0.39 is 0 Å². The van der Waals surface area contributed by atoms with E-state index >= 15 is 0 Å². The quantitative estimate of drug-likeness (QED) is 0.239. The van der Waals surface area contributed by atoms with Crippen molar-refractivity contribution in [3.05, 3.63) is 86.8 Å². The van der Waals surface area contributed by atoms with Crippen molar-refractivity contribution in [1.82, 2.24) is 5.43 Å². The zero-order valence-corrected chi connectivity index (χ0v) is 22.4. The van der Waals surface area contributed by atoms with Crippen molar-refractivity contribution in [2.75, 3.05) is 13.7 Å². The number of amides is 1. The molecule has 3 aromatic rings. The number of halogens is 2. The summed E-state index contributed by atoms with van der Waals surface area (Å²) in [7, 11) is 1.57. The maximum Gasteiger partial charge on any atom is 0.277 e. The van der Waals surface area contributed by atoms with E-state index in [2.05, 4.69) is 47.2 Å². The highest BCUT2D eigenvalue weighted by Gasteiger charge is 2.15. The summed E-state index contributed by atoms with van der Waals surface area (Å²) in [5.41, 5.74) is 5.39. The second kappa shape index (κ2) is 12.1. The van der Waals surface area contributed by atoms with Crippen LogP contribution in [0.4, 0.5) is 0 Å². The number of rotatable bonds is 9. The molecule has 0 radical (unpaired) electrons. The van der Waals surface area contributed by atoms with Gasteiger partial charge in [-0.1, -0.05) is 50.6 Å². The number of ether oxygens (including phenoxy) is 3. The fraction of sp³-hybridized carbons (Fsp3) is 0.259. The lowest BCUT2D eigenvalue weighted by Crippen LogP contribution is -2.24. The van der Waals surface area contributed by atoms with Crippen molar-refractivity contribution in [2.24, 2.45) is 5.10 Å². The molecule has 184 valence electrons. The van der Waals surface area contributed by atoms with Crippen LogP contribution < -0.4 is 19.6 Å². The van der Waals surface area contributed by atoms with Gasteiger partial charge in [0.1, 0.15) is 12.4 Å². The van der Waals surface area contributed by atoms with Gasteiger partial charge in [0, 0.05) is 5.02 Å². The maximum atomic E-state index is 12.1. The van der Waals surface area contributed by atoms with Crippen molar-refractivity contribution >= 4 is 39.7 Å². The molecule has 8 heteroatoms. The van der Waals surface area contributed by atoms with Gasteiger partial charge in [0.15, 0.2) is 18.1 Å². The van der Waals surface area contributed by atoms with E-state index in [4.69, 9.17) is 25.8 Å². The molecule has 35 heavy (non-hydrogen) atoms. The maximum absolute atomic E-state index is 12.1. The summed E-state index contributed by atoms with van der Waals surface area (Å²) in [5, 5.41) is 4.68. The van der Waals surface area contributed by atoms with Crippen molar-refractivity contribution in [3.63, 3.8) is 0 Å². The lowest BCUT2D eigenvalue weighted by atomic mass is 9.87. The van der Waals surface area contributed by atoms with E-state index in [0.717, 1.165) is 15.6 Å². The first-order chi connectivity index (χ1) is 16.7. The van der Waals surface area contributed by atoms with Crippen LogP contribution in [0.3, 0.4) is 0 Å². The number of hydrogen-bond acceptors (Lipinski definition) is 5. The number of nitrogens with one attached hydrogen (secondary N) is 1. The highest BCUT2D eigenvalue weighted by molar-refractivity contribution is 9.10. The molecular formula is C27H28BrClN2O4. The Morgan fingerprint density at radius 2 is 1.71 bits per heavy atom. The Kier molecular flexibility index (Phi) is 9.18. The Bertz CT molecular complexity index is 1190. The van der Waals surface area contributed by atoms with Crippen LogP contribution in [0.25, 0.3) is 0 Å². The fourth-order valence-corrected chi connectivity index (χ4v) is 3.68. The predicted octanol–water partition coefficient (Wildman–Crippen LogP) is 6.52. The number of nitrogens with zero attached hydrogens (tertiary/aromatic N) is 1. The largest absolute Gasteiger partial charge is 0.493 e. The number of methoxy groups -OCH3 is 1. The molecule has 0 saturated carbocycles. The van der Waals surface area contributed by atoms with E-state index in [1.165, 1.54) is 11.8 Å². The number of benzene rings is 3. The molecule has 0 atom stereocenters. The number of hydrogen-bond donors (Lipinski definition) is 1. The molecule has 0 heterocycles. The summed E-state index contributed by atoms with van der Waals surface area (Å²) in [4.78, 5) is 12.1. The standard InChI is InChI=1S/C27H28BrClN2O4/c1-27(2,3)20-8-12-23(22(28)14-20)35-17-26(32)31-30-15-19-7-11-24(25(13-19)33-4)34-16-18-5-9-21(29)10-6-18/h5-15H,16-17H2,1-4H3,(H,31,32)/b30-15+. The molecular weight excluding hydrogens is 532 g/mol. The van der Waals surface area contributed by atoms with Crippen LogP contribution in [-0.2, 0) is 16.8 Å². The fourth-order valence-electron chi connectivity index (χ4n) is 3.06. The van der Waals surface area contributed by atoms with Crippen molar-refractivity contribution in [3.8, 4) is 17.2 Å². The molecule has 0 unspecified atom stereocenters. The Morgan fingerprint density at radius 1 is 1.00 bits per heavy atom. The average molecular weight is 560 g/mol. The van der Waals surface area contributed by atoms with Gasteiger partial charge in [0.05, 0.1) is 17.8 Å². The van der Waals surface area contributed by atoms with Crippen LogP contribution in [0.5, 0.6) is 17.2 Å². The third kappa shape index (κ3) is 8.01. The molecule has 0 aliphatic rings. The van der Waals surface area contributed by atoms with Gasteiger partial charge in [-0.2, -0.15) is 5.10 Å². The first-order valence-corrected chi connectivity index (χ1v) is 12.1. The predicted molar refractivity (Wildman–Crippen MR) is 143 cm³/mol. The van der Waals surface area contributed by atoms with Crippen molar-refractivity contribution < 1.29 is 19.0 Å². The van der Waals surface area contributed by atoms with Crippen molar-refractivity contribution in [2.45, 2.75) is 32.8 Å². The summed E-state index contributed by atoms with van der Waals surface area (Å²) < 4.78 is 17.7. The molecule has 6 nitrogen and oxygen atoms in total. The molecule has 1 N–H and O–H groups in total. The van der Waals surface area contributed by atoms with Gasteiger partial charge in [0.2, 0.25) is 0 Å². The Hall–Kier alpha value is -3.03. The second-order valence-corrected chi connectivity index (χ2v) is 10.1. The van der Waals surface area contributed by atoms with Crippen LogP contribution >= 0.6 is 27.5 Å². The van der Waals surface area contributed by atoms with Gasteiger partial charge in [-0.15, -0.1) is 0 Å². The molecule has 3 rings (SSSR count). The zero-order valence-electron chi connectivity index (χ0n) is 20.1. The van der Waals surface area contributed by atoms with Gasteiger partial charge >= 0.3 is 0 Å². The molecule has 1 amide bonds. The van der Waals surface area contributed by atoms with Gasteiger partial charge in [-0.05, 0) is 80.5 Å². The summed E-state index contributed by atoms with van der Waals surface area (Å²) in [5.74, 6) is 1.38. The van der Waals surface area contributed by atoms with Gasteiger partial charge in [-0.25, -0.2) is 5.43 Å². The van der Waals surface area contributed by atoms with Crippen molar-refractivity contribution in [1.29, 1.82) is 0 Å². The zero-order chi connectivity index (χ0) is 25.4. The minimum absolute atomic E-state index is 0.0246. The van der Waals surface area contributed by atoms with Gasteiger partial charge in [0.25, 0.3) is 5.91 Å². The average Bonchev–Trinajstić information content (AvgIpc) is 2.82. The number of carbonyl (C=O) groups excluding carboxylic acids is 1. The van der Waals surface area contributed by atoms with Crippen LogP contribution in [0, 0.1) is 0 Å². The smallest absolute Gasteiger partial charge is 0.277 e. The summed E-state index contributed by atoms with van der Waals surface area (Å²) in [6.07, 6.45) is 1.53. The van der Waals surface area contributed by atoms with Crippen LogP contribution in [0.15, 0.2) is 70.2 Å². The molecule has 0 fully saturated rings. The first kappa shape index (κ1) is 26.6. The van der Waals surface area contributed by atoms with E-state index in [1.807, 2.05) is 48.5 Å². The Balaban J connectivity index is 1.52. The minimum Gasteiger partial charge on any atom is -0.493 e. The molecule has 0 bridgehead atoms. The van der Waals surface area contributed by atoms with E-state index in [9.17, 15) is 4.79 Å². The molecule has 0 aliphatic heterocycles. The monoisotopic (exact) mass is 558 g/mol. The molecule has 0 aromatic heterocycles. The third-order valence-corrected chi connectivity index (χ3v) is 5.93. The number of hydrazone groups is 1. The molecule has 0 saturated heterocycles. The summed E-state index contributed by atoms with van der Waals surface area (Å²) in [6, 6.07) is 18.7. The summed E-state index contributed by atoms with van der Waals surface area (Å²) in [6.45, 7) is 6.63. The van der Waals surface area contributed by atoms with E-state index in [-0.39, 0.29) is 17.9 Å². The Labute approximate surface area is 219 Å².